The first-order chi connectivity index (χ1) is 9.36. The minimum absolute atomic E-state index is 0.00345. The summed E-state index contributed by atoms with van der Waals surface area (Å²) >= 11 is 12.5. The van der Waals surface area contributed by atoms with Gasteiger partial charge in [0, 0.05) is 13.0 Å². The Bertz CT molecular complexity index is 557. The third-order valence-corrected chi connectivity index (χ3v) is 5.71. The van der Waals surface area contributed by atoms with Crippen LogP contribution in [0.4, 0.5) is 0 Å². The van der Waals surface area contributed by atoms with Gasteiger partial charge in [-0.05, 0) is 18.9 Å². The number of nitrogens with one attached hydrogen (secondary N) is 1. The summed E-state index contributed by atoms with van der Waals surface area (Å²) in [7, 11) is -2.29. The highest BCUT2D eigenvalue weighted by Crippen LogP contribution is 2.33. The summed E-state index contributed by atoms with van der Waals surface area (Å²) in [6.45, 7) is 0.285. The van der Waals surface area contributed by atoms with Gasteiger partial charge in [-0.25, -0.2) is 13.1 Å². The van der Waals surface area contributed by atoms with Gasteiger partial charge in [0.1, 0.15) is 9.23 Å². The maximum Gasteiger partial charge on any atom is 0.305 e. The van der Waals surface area contributed by atoms with Gasteiger partial charge < -0.3 is 4.74 Å². The van der Waals surface area contributed by atoms with Crippen molar-refractivity contribution >= 4 is 50.5 Å². The van der Waals surface area contributed by atoms with Crippen LogP contribution in [0.2, 0.25) is 8.67 Å². The van der Waals surface area contributed by atoms with Gasteiger partial charge in [-0.2, -0.15) is 0 Å². The molecule has 1 aromatic heterocycles. The summed E-state index contributed by atoms with van der Waals surface area (Å²) < 4.78 is 31.3. The maximum absolute atomic E-state index is 11.9. The van der Waals surface area contributed by atoms with Crippen molar-refractivity contribution in [2.24, 2.45) is 0 Å². The number of methoxy groups -OCH3 is 1. The summed E-state index contributed by atoms with van der Waals surface area (Å²) in [5.41, 5.74) is 0. The third-order valence-electron chi connectivity index (χ3n) is 2.49. The summed E-state index contributed by atoms with van der Waals surface area (Å²) in [6, 6.07) is 1.33. The molecule has 9 heteroatoms. The topological polar surface area (TPSA) is 72.5 Å². The van der Waals surface area contributed by atoms with E-state index >= 15 is 0 Å². The van der Waals surface area contributed by atoms with E-state index in [9.17, 15) is 13.2 Å². The molecule has 0 aliphatic heterocycles. The Labute approximate surface area is 132 Å². The van der Waals surface area contributed by atoms with Gasteiger partial charge >= 0.3 is 5.97 Å². The second kappa shape index (κ2) is 8.19. The van der Waals surface area contributed by atoms with Crippen molar-refractivity contribution in [3.63, 3.8) is 0 Å². The Morgan fingerprint density at radius 2 is 2.05 bits per heavy atom. The van der Waals surface area contributed by atoms with Gasteiger partial charge in [-0.1, -0.05) is 29.6 Å². The lowest BCUT2D eigenvalue weighted by Gasteiger charge is -2.05. The van der Waals surface area contributed by atoms with Crippen LogP contribution < -0.4 is 4.72 Å². The van der Waals surface area contributed by atoms with Crippen molar-refractivity contribution in [3.05, 3.63) is 14.7 Å². The molecule has 0 atom stereocenters. The monoisotopic (exact) mass is 359 g/mol. The average molecular weight is 360 g/mol. The number of hydrogen-bond acceptors (Lipinski definition) is 5. The molecule has 0 fully saturated rings. The molecule has 1 aromatic rings. The minimum Gasteiger partial charge on any atom is -0.469 e. The fraction of sp³-hybridized carbons (Fsp3) is 0.545. The van der Waals surface area contributed by atoms with Crippen molar-refractivity contribution in [1.29, 1.82) is 0 Å². The van der Waals surface area contributed by atoms with Crippen molar-refractivity contribution in [3.8, 4) is 0 Å². The van der Waals surface area contributed by atoms with Crippen LogP contribution in [0, 0.1) is 0 Å². The number of carbonyl (C=O) groups is 1. The number of unbranched alkanes of at least 4 members (excludes halogenated alkanes) is 2. The van der Waals surface area contributed by atoms with Crippen molar-refractivity contribution in [1.82, 2.24) is 4.72 Å². The van der Waals surface area contributed by atoms with E-state index in [1.807, 2.05) is 0 Å². The average Bonchev–Trinajstić information content (AvgIpc) is 2.73. The van der Waals surface area contributed by atoms with E-state index in [0.29, 0.717) is 23.6 Å². The summed E-state index contributed by atoms with van der Waals surface area (Å²) in [4.78, 5) is 10.9. The summed E-state index contributed by atoms with van der Waals surface area (Å²) in [5, 5.41) is 0. The smallest absolute Gasteiger partial charge is 0.305 e. The predicted molar refractivity (Wildman–Crippen MR) is 80.0 cm³/mol. The van der Waals surface area contributed by atoms with E-state index in [1.165, 1.54) is 13.2 Å². The normalized spacial score (nSPS) is 11.6. The quantitative estimate of drug-likeness (QED) is 0.571. The zero-order valence-electron chi connectivity index (χ0n) is 10.8. The molecule has 0 saturated carbocycles. The number of sulfonamides is 1. The van der Waals surface area contributed by atoms with Crippen molar-refractivity contribution in [2.45, 2.75) is 30.6 Å². The number of halogens is 2. The zero-order valence-corrected chi connectivity index (χ0v) is 14.0. The lowest BCUT2D eigenvalue weighted by atomic mass is 10.2. The highest BCUT2D eigenvalue weighted by molar-refractivity contribution is 7.89. The van der Waals surface area contributed by atoms with Gasteiger partial charge in [0.15, 0.2) is 0 Å². The van der Waals surface area contributed by atoms with Gasteiger partial charge in [0.05, 0.1) is 11.4 Å². The second-order valence-corrected chi connectivity index (χ2v) is 7.99. The Morgan fingerprint density at radius 3 is 2.60 bits per heavy atom. The van der Waals surface area contributed by atoms with Crippen LogP contribution in [0.25, 0.3) is 0 Å². The minimum atomic E-state index is -3.63. The van der Waals surface area contributed by atoms with E-state index in [-0.39, 0.29) is 21.7 Å². The molecule has 1 rings (SSSR count). The molecule has 5 nitrogen and oxygen atoms in total. The summed E-state index contributed by atoms with van der Waals surface area (Å²) in [5.74, 6) is -0.259. The Morgan fingerprint density at radius 1 is 1.35 bits per heavy atom. The van der Waals surface area contributed by atoms with Gasteiger partial charge in [-0.15, -0.1) is 11.3 Å². The fourth-order valence-electron chi connectivity index (χ4n) is 1.47. The lowest BCUT2D eigenvalue weighted by molar-refractivity contribution is -0.140. The van der Waals surface area contributed by atoms with Crippen LogP contribution in [0.3, 0.4) is 0 Å². The predicted octanol–water partition coefficient (Wildman–Crippen LogP) is 3.07. The zero-order chi connectivity index (χ0) is 15.2. The molecule has 0 amide bonds. The molecular weight excluding hydrogens is 345 g/mol. The first-order valence-electron chi connectivity index (χ1n) is 5.88. The molecule has 1 N–H and O–H groups in total. The number of thiophene rings is 1. The molecular formula is C11H15Cl2NO4S2. The van der Waals surface area contributed by atoms with E-state index < -0.39 is 10.0 Å². The Balaban J connectivity index is 2.34. The fourth-order valence-corrected chi connectivity index (χ4v) is 4.69. The first kappa shape index (κ1) is 17.7. The highest BCUT2D eigenvalue weighted by Gasteiger charge is 2.20. The summed E-state index contributed by atoms with van der Waals surface area (Å²) in [6.07, 6.45) is 2.37. The Hall–Kier alpha value is -0.340. The SMILES string of the molecule is COC(=O)CCCCCNS(=O)(=O)c1cc(Cl)sc1Cl. The van der Waals surface area contributed by atoms with Crippen LogP contribution in [0.1, 0.15) is 25.7 Å². The van der Waals surface area contributed by atoms with Crippen LogP contribution >= 0.6 is 34.5 Å². The van der Waals surface area contributed by atoms with E-state index in [1.54, 1.807) is 0 Å². The van der Waals surface area contributed by atoms with Crippen molar-refractivity contribution < 1.29 is 17.9 Å². The highest BCUT2D eigenvalue weighted by atomic mass is 35.5. The number of carbonyl (C=O) groups excluding carboxylic acids is 1. The number of hydrogen-bond donors (Lipinski definition) is 1. The van der Waals surface area contributed by atoms with E-state index in [4.69, 9.17) is 23.2 Å². The lowest BCUT2D eigenvalue weighted by Crippen LogP contribution is -2.24. The molecule has 0 spiro atoms. The van der Waals surface area contributed by atoms with Crippen LogP contribution in [0.5, 0.6) is 0 Å². The number of rotatable bonds is 8. The Kier molecular flexibility index (Phi) is 7.25. The molecule has 0 aromatic carbocycles. The number of esters is 1. The molecule has 0 radical (unpaired) electrons. The molecule has 0 bridgehead atoms. The van der Waals surface area contributed by atoms with Gasteiger partial charge in [0.25, 0.3) is 0 Å². The molecule has 0 unspecified atom stereocenters. The maximum atomic E-state index is 11.9. The molecule has 114 valence electrons. The van der Waals surface area contributed by atoms with Crippen LogP contribution in [-0.2, 0) is 19.6 Å². The van der Waals surface area contributed by atoms with Crippen molar-refractivity contribution in [2.75, 3.05) is 13.7 Å². The molecule has 1 heterocycles. The van der Waals surface area contributed by atoms with Gasteiger partial charge in [-0.3, -0.25) is 4.79 Å². The van der Waals surface area contributed by atoms with Gasteiger partial charge in [0.2, 0.25) is 10.0 Å². The molecule has 0 aliphatic rings. The number of ether oxygens (including phenoxy) is 1. The molecule has 0 aliphatic carbocycles. The standard InChI is InChI=1S/C11H15Cl2NO4S2/c1-18-10(15)5-3-2-4-6-14-20(16,17)8-7-9(12)19-11(8)13/h7,14H,2-6H2,1H3. The second-order valence-electron chi connectivity index (χ2n) is 3.97. The van der Waals surface area contributed by atoms with Crippen LogP contribution in [0.15, 0.2) is 11.0 Å². The molecule has 0 saturated heterocycles. The van der Waals surface area contributed by atoms with E-state index in [2.05, 4.69) is 9.46 Å². The first-order valence-corrected chi connectivity index (χ1v) is 8.93. The largest absolute Gasteiger partial charge is 0.469 e. The third kappa shape index (κ3) is 5.57. The molecule has 20 heavy (non-hydrogen) atoms. The van der Waals surface area contributed by atoms with E-state index in [0.717, 1.165) is 17.8 Å². The van der Waals surface area contributed by atoms with Crippen LogP contribution in [-0.4, -0.2) is 28.0 Å².